The van der Waals surface area contributed by atoms with E-state index in [9.17, 15) is 9.59 Å². The minimum Gasteiger partial charge on any atom is -0.352 e. The summed E-state index contributed by atoms with van der Waals surface area (Å²) in [5, 5.41) is 3.54. The number of aryl methyl sites for hydroxylation is 2. The lowest BCUT2D eigenvalue weighted by Gasteiger charge is -2.20. The molecule has 3 rings (SSSR count). The Balaban J connectivity index is 1.96. The smallest absolute Gasteiger partial charge is 0.256 e. The van der Waals surface area contributed by atoms with Crippen LogP contribution in [-0.2, 0) is 13.0 Å². The number of unbranched alkanes of at least 4 members (excludes halogenated alkanes) is 2. The minimum atomic E-state index is -0.247. The second-order valence-electron chi connectivity index (χ2n) is 5.95. The van der Waals surface area contributed by atoms with Gasteiger partial charge in [0.15, 0.2) is 0 Å². The molecule has 0 fully saturated rings. The van der Waals surface area contributed by atoms with Gasteiger partial charge in [0.05, 0.1) is 5.52 Å². The van der Waals surface area contributed by atoms with Crippen LogP contribution in [0.1, 0.15) is 48.5 Å². The molecular weight excluding hydrogens is 276 g/mol. The lowest BCUT2D eigenvalue weighted by molar-refractivity contribution is 0.0951. The number of pyridine rings is 1. The Bertz CT molecular complexity index is 762. The van der Waals surface area contributed by atoms with Gasteiger partial charge < -0.3 is 9.88 Å². The summed E-state index contributed by atoms with van der Waals surface area (Å²) in [6.45, 7) is 3.62. The third-order valence-electron chi connectivity index (χ3n) is 4.34. The SMILES string of the molecule is CCCCCNC(=O)c1cn2c3c(cccc3c1=O)CCC2. The number of carbonyl (C=O) groups is 1. The zero-order valence-electron chi connectivity index (χ0n) is 13.0. The molecule has 0 spiro atoms. The number of rotatable bonds is 5. The molecule has 0 saturated carbocycles. The van der Waals surface area contributed by atoms with Crippen LogP contribution in [0.5, 0.6) is 0 Å². The van der Waals surface area contributed by atoms with E-state index in [1.807, 2.05) is 12.1 Å². The summed E-state index contributed by atoms with van der Waals surface area (Å²) in [5.74, 6) is -0.247. The molecule has 0 atom stereocenters. The summed E-state index contributed by atoms with van der Waals surface area (Å²) in [7, 11) is 0. The number of hydrogen-bond acceptors (Lipinski definition) is 2. The summed E-state index contributed by atoms with van der Waals surface area (Å²) in [5.41, 5.74) is 2.32. The van der Waals surface area contributed by atoms with E-state index in [4.69, 9.17) is 0 Å². The van der Waals surface area contributed by atoms with Crippen LogP contribution in [0.4, 0.5) is 0 Å². The van der Waals surface area contributed by atoms with Crippen LogP contribution in [0.15, 0.2) is 29.2 Å². The van der Waals surface area contributed by atoms with Crippen molar-refractivity contribution in [1.82, 2.24) is 9.88 Å². The minimum absolute atomic E-state index is 0.150. The van der Waals surface area contributed by atoms with E-state index < -0.39 is 0 Å². The van der Waals surface area contributed by atoms with Gasteiger partial charge in [0.25, 0.3) is 5.91 Å². The van der Waals surface area contributed by atoms with Crippen molar-refractivity contribution >= 4 is 16.8 Å². The van der Waals surface area contributed by atoms with Gasteiger partial charge in [0.1, 0.15) is 5.56 Å². The third kappa shape index (κ3) is 2.65. The number of para-hydroxylation sites is 1. The molecule has 1 N–H and O–H groups in total. The highest BCUT2D eigenvalue weighted by molar-refractivity contribution is 5.97. The van der Waals surface area contributed by atoms with E-state index in [-0.39, 0.29) is 16.9 Å². The fraction of sp³-hybridized carbons (Fsp3) is 0.444. The first-order valence-corrected chi connectivity index (χ1v) is 8.15. The van der Waals surface area contributed by atoms with Crippen LogP contribution in [0.2, 0.25) is 0 Å². The molecule has 2 heterocycles. The highest BCUT2D eigenvalue weighted by Gasteiger charge is 2.18. The van der Waals surface area contributed by atoms with Gasteiger partial charge in [-0.05, 0) is 30.9 Å². The Kier molecular flexibility index (Phi) is 4.27. The number of amides is 1. The standard InChI is InChI=1S/C18H22N2O2/c1-2-3-4-10-19-18(22)15-12-20-11-6-8-13-7-5-9-14(16(13)20)17(15)21/h5,7,9,12H,2-4,6,8,10-11H2,1H3,(H,19,22). The molecule has 2 aromatic rings. The maximum absolute atomic E-state index is 12.6. The van der Waals surface area contributed by atoms with Crippen LogP contribution in [-0.4, -0.2) is 17.0 Å². The quantitative estimate of drug-likeness (QED) is 0.863. The molecule has 0 saturated heterocycles. The average molecular weight is 298 g/mol. The van der Waals surface area contributed by atoms with Crippen molar-refractivity contribution in [2.24, 2.45) is 0 Å². The maximum Gasteiger partial charge on any atom is 0.256 e. The monoisotopic (exact) mass is 298 g/mol. The van der Waals surface area contributed by atoms with Gasteiger partial charge >= 0.3 is 0 Å². The number of nitrogens with one attached hydrogen (secondary N) is 1. The summed E-state index contributed by atoms with van der Waals surface area (Å²) >= 11 is 0. The fourth-order valence-electron chi connectivity index (χ4n) is 3.19. The summed E-state index contributed by atoms with van der Waals surface area (Å²) in [6.07, 6.45) is 6.94. The second-order valence-corrected chi connectivity index (χ2v) is 5.95. The number of carbonyl (C=O) groups excluding carboxylic acids is 1. The van der Waals surface area contributed by atoms with Crippen molar-refractivity contribution in [3.8, 4) is 0 Å². The van der Waals surface area contributed by atoms with Crippen LogP contribution >= 0.6 is 0 Å². The van der Waals surface area contributed by atoms with Gasteiger partial charge in [-0.1, -0.05) is 31.9 Å². The summed E-state index contributed by atoms with van der Waals surface area (Å²) in [6, 6.07) is 5.82. The predicted molar refractivity (Wildman–Crippen MR) is 88.4 cm³/mol. The van der Waals surface area contributed by atoms with Crippen molar-refractivity contribution < 1.29 is 4.79 Å². The molecule has 0 aliphatic carbocycles. The normalized spacial score (nSPS) is 13.3. The summed E-state index contributed by atoms with van der Waals surface area (Å²) in [4.78, 5) is 24.9. The molecule has 1 aliphatic heterocycles. The molecule has 1 aliphatic rings. The van der Waals surface area contributed by atoms with E-state index >= 15 is 0 Å². The fourth-order valence-corrected chi connectivity index (χ4v) is 3.19. The Labute approximate surface area is 130 Å². The molecule has 1 aromatic heterocycles. The van der Waals surface area contributed by atoms with Crippen molar-refractivity contribution in [2.75, 3.05) is 6.54 Å². The average Bonchev–Trinajstić information content (AvgIpc) is 2.54. The van der Waals surface area contributed by atoms with Crippen LogP contribution in [0.25, 0.3) is 10.9 Å². The second kappa shape index (κ2) is 6.34. The Morgan fingerprint density at radius 2 is 2.18 bits per heavy atom. The molecular formula is C18H22N2O2. The van der Waals surface area contributed by atoms with Gasteiger partial charge in [-0.25, -0.2) is 0 Å². The van der Waals surface area contributed by atoms with E-state index in [0.717, 1.165) is 44.2 Å². The molecule has 4 heteroatoms. The molecule has 0 bridgehead atoms. The maximum atomic E-state index is 12.6. The Morgan fingerprint density at radius 1 is 1.32 bits per heavy atom. The van der Waals surface area contributed by atoms with Gasteiger partial charge in [0, 0.05) is 24.7 Å². The summed E-state index contributed by atoms with van der Waals surface area (Å²) < 4.78 is 2.07. The van der Waals surface area contributed by atoms with Crippen molar-refractivity contribution in [3.05, 3.63) is 45.7 Å². The van der Waals surface area contributed by atoms with Crippen LogP contribution in [0, 0.1) is 0 Å². The Hall–Kier alpha value is -2.10. The first-order valence-electron chi connectivity index (χ1n) is 8.15. The lowest BCUT2D eigenvalue weighted by atomic mass is 10.00. The first kappa shape index (κ1) is 14.8. The number of hydrogen-bond donors (Lipinski definition) is 1. The van der Waals surface area contributed by atoms with E-state index in [2.05, 4.69) is 22.9 Å². The molecule has 0 unspecified atom stereocenters. The molecule has 22 heavy (non-hydrogen) atoms. The highest BCUT2D eigenvalue weighted by Crippen LogP contribution is 2.23. The van der Waals surface area contributed by atoms with Crippen LogP contribution < -0.4 is 10.7 Å². The molecule has 4 nitrogen and oxygen atoms in total. The van der Waals surface area contributed by atoms with Gasteiger partial charge in [-0.15, -0.1) is 0 Å². The number of nitrogens with zero attached hydrogens (tertiary/aromatic N) is 1. The zero-order valence-corrected chi connectivity index (χ0v) is 13.0. The molecule has 0 radical (unpaired) electrons. The van der Waals surface area contributed by atoms with Gasteiger partial charge in [-0.2, -0.15) is 0 Å². The molecule has 1 amide bonds. The van der Waals surface area contributed by atoms with Crippen LogP contribution in [0.3, 0.4) is 0 Å². The van der Waals surface area contributed by atoms with E-state index in [1.165, 1.54) is 5.56 Å². The molecule has 116 valence electrons. The van der Waals surface area contributed by atoms with Crippen molar-refractivity contribution in [2.45, 2.75) is 45.6 Å². The first-order chi connectivity index (χ1) is 10.7. The van der Waals surface area contributed by atoms with Crippen molar-refractivity contribution in [3.63, 3.8) is 0 Å². The van der Waals surface area contributed by atoms with Gasteiger partial charge in [-0.3, -0.25) is 9.59 Å². The predicted octanol–water partition coefficient (Wildman–Crippen LogP) is 2.87. The largest absolute Gasteiger partial charge is 0.352 e. The third-order valence-corrected chi connectivity index (χ3v) is 4.34. The highest BCUT2D eigenvalue weighted by atomic mass is 16.2. The zero-order chi connectivity index (χ0) is 15.5. The Morgan fingerprint density at radius 3 is 3.00 bits per heavy atom. The lowest BCUT2D eigenvalue weighted by Crippen LogP contribution is -2.31. The van der Waals surface area contributed by atoms with E-state index in [0.29, 0.717) is 11.9 Å². The number of benzene rings is 1. The topological polar surface area (TPSA) is 51.1 Å². The van der Waals surface area contributed by atoms with Gasteiger partial charge in [0.2, 0.25) is 5.43 Å². The number of aromatic nitrogens is 1. The van der Waals surface area contributed by atoms with Crippen molar-refractivity contribution in [1.29, 1.82) is 0 Å². The van der Waals surface area contributed by atoms with E-state index in [1.54, 1.807) is 6.20 Å². The molecule has 1 aromatic carbocycles.